The van der Waals surface area contributed by atoms with Crippen molar-refractivity contribution >= 4 is 0 Å². The molecule has 2 aliphatic heterocycles. The van der Waals surface area contributed by atoms with Gasteiger partial charge in [-0.25, -0.2) is 0 Å². The number of aryl methyl sites for hydroxylation is 1. The lowest BCUT2D eigenvalue weighted by Gasteiger charge is -2.38. The number of nitrogens with one attached hydrogen (secondary N) is 1. The molecule has 3 atom stereocenters. The fourth-order valence-electron chi connectivity index (χ4n) is 3.36. The second kappa shape index (κ2) is 6.22. The third-order valence-electron chi connectivity index (χ3n) is 4.66. The number of hydrogen-bond acceptors (Lipinski definition) is 4. The average Bonchev–Trinajstić information content (AvgIpc) is 2.94. The Labute approximate surface area is 121 Å². The first-order valence-electron chi connectivity index (χ1n) is 7.63. The third-order valence-corrected chi connectivity index (χ3v) is 4.66. The number of hydrazine groups is 1. The number of benzene rings is 1. The number of nitrogens with zero attached hydrogens (tertiary/aromatic N) is 1. The minimum atomic E-state index is 0.180. The highest BCUT2D eigenvalue weighted by molar-refractivity contribution is 5.22. The molecule has 110 valence electrons. The molecule has 0 saturated carbocycles. The van der Waals surface area contributed by atoms with Crippen LogP contribution in [0.3, 0.4) is 0 Å². The van der Waals surface area contributed by atoms with E-state index < -0.39 is 0 Å². The van der Waals surface area contributed by atoms with Gasteiger partial charge in [-0.05, 0) is 38.3 Å². The first-order chi connectivity index (χ1) is 9.76. The summed E-state index contributed by atoms with van der Waals surface area (Å²) in [5.41, 5.74) is 5.57. The molecule has 0 spiro atoms. The van der Waals surface area contributed by atoms with Crippen LogP contribution in [-0.4, -0.2) is 42.8 Å². The molecule has 4 nitrogen and oxygen atoms in total. The highest BCUT2D eigenvalue weighted by Crippen LogP contribution is 2.24. The molecule has 3 N–H and O–H groups in total. The predicted octanol–water partition coefficient (Wildman–Crippen LogP) is 1.23. The SMILES string of the molecule is Cc1ccc(CC(NN)C2CN3CCCC3CO2)cc1. The van der Waals surface area contributed by atoms with Gasteiger partial charge in [0.1, 0.15) is 0 Å². The number of morpholine rings is 1. The van der Waals surface area contributed by atoms with Crippen LogP contribution in [0.1, 0.15) is 24.0 Å². The van der Waals surface area contributed by atoms with Crippen LogP contribution in [0.25, 0.3) is 0 Å². The van der Waals surface area contributed by atoms with Crippen molar-refractivity contribution in [3.8, 4) is 0 Å². The summed E-state index contributed by atoms with van der Waals surface area (Å²) in [7, 11) is 0. The van der Waals surface area contributed by atoms with E-state index in [2.05, 4.69) is 41.5 Å². The van der Waals surface area contributed by atoms with Crippen molar-refractivity contribution in [2.75, 3.05) is 19.7 Å². The quantitative estimate of drug-likeness (QED) is 0.641. The van der Waals surface area contributed by atoms with E-state index >= 15 is 0 Å². The average molecular weight is 275 g/mol. The summed E-state index contributed by atoms with van der Waals surface area (Å²) in [5, 5.41) is 0. The van der Waals surface area contributed by atoms with Crippen LogP contribution < -0.4 is 11.3 Å². The Morgan fingerprint density at radius 3 is 2.95 bits per heavy atom. The topological polar surface area (TPSA) is 50.5 Å². The third kappa shape index (κ3) is 3.04. The van der Waals surface area contributed by atoms with Crippen molar-refractivity contribution in [3.05, 3.63) is 35.4 Å². The lowest BCUT2D eigenvalue weighted by molar-refractivity contribution is -0.0644. The number of fused-ring (bicyclic) bond motifs is 1. The molecule has 0 aromatic heterocycles. The highest BCUT2D eigenvalue weighted by Gasteiger charge is 2.35. The van der Waals surface area contributed by atoms with Gasteiger partial charge in [0.2, 0.25) is 0 Å². The fourth-order valence-corrected chi connectivity index (χ4v) is 3.36. The van der Waals surface area contributed by atoms with Crippen molar-refractivity contribution in [1.29, 1.82) is 0 Å². The summed E-state index contributed by atoms with van der Waals surface area (Å²) in [6.07, 6.45) is 3.70. The number of ether oxygens (including phenoxy) is 1. The van der Waals surface area contributed by atoms with E-state index in [0.29, 0.717) is 6.04 Å². The molecule has 2 fully saturated rings. The van der Waals surface area contributed by atoms with Crippen molar-refractivity contribution < 1.29 is 4.74 Å². The second-order valence-corrected chi connectivity index (χ2v) is 6.13. The number of rotatable bonds is 4. The van der Waals surface area contributed by atoms with Crippen LogP contribution >= 0.6 is 0 Å². The summed E-state index contributed by atoms with van der Waals surface area (Å²) >= 11 is 0. The van der Waals surface area contributed by atoms with E-state index in [0.717, 1.165) is 19.6 Å². The smallest absolute Gasteiger partial charge is 0.0872 e. The van der Waals surface area contributed by atoms with E-state index in [-0.39, 0.29) is 12.1 Å². The van der Waals surface area contributed by atoms with Crippen molar-refractivity contribution in [3.63, 3.8) is 0 Å². The molecule has 2 saturated heterocycles. The minimum absolute atomic E-state index is 0.180. The van der Waals surface area contributed by atoms with Gasteiger partial charge in [0.05, 0.1) is 18.8 Å². The summed E-state index contributed by atoms with van der Waals surface area (Å²) in [4.78, 5) is 2.56. The molecule has 0 bridgehead atoms. The Balaban J connectivity index is 1.62. The molecular formula is C16H25N3O. The zero-order valence-electron chi connectivity index (χ0n) is 12.2. The number of nitrogens with two attached hydrogens (primary N) is 1. The van der Waals surface area contributed by atoms with E-state index in [1.54, 1.807) is 0 Å². The molecule has 4 heteroatoms. The van der Waals surface area contributed by atoms with Crippen LogP contribution in [0.4, 0.5) is 0 Å². The maximum atomic E-state index is 6.06. The summed E-state index contributed by atoms with van der Waals surface area (Å²) in [6, 6.07) is 9.49. The van der Waals surface area contributed by atoms with Gasteiger partial charge in [-0.3, -0.25) is 16.2 Å². The number of hydrogen-bond donors (Lipinski definition) is 2. The molecule has 0 aliphatic carbocycles. The van der Waals surface area contributed by atoms with Gasteiger partial charge in [-0.2, -0.15) is 0 Å². The molecule has 1 aromatic rings. The van der Waals surface area contributed by atoms with Crippen LogP contribution in [0.2, 0.25) is 0 Å². The van der Waals surface area contributed by atoms with E-state index in [9.17, 15) is 0 Å². The van der Waals surface area contributed by atoms with Gasteiger partial charge in [-0.1, -0.05) is 29.8 Å². The molecule has 2 heterocycles. The van der Waals surface area contributed by atoms with Gasteiger partial charge < -0.3 is 4.74 Å². The standard InChI is InChI=1S/C16H25N3O/c1-12-4-6-13(7-5-12)9-15(18-17)16-10-19-8-2-3-14(19)11-20-16/h4-7,14-16,18H,2-3,8-11,17H2,1H3. The first kappa shape index (κ1) is 14.0. The Morgan fingerprint density at radius 2 is 2.20 bits per heavy atom. The van der Waals surface area contributed by atoms with Gasteiger partial charge >= 0.3 is 0 Å². The Hall–Kier alpha value is -0.940. The van der Waals surface area contributed by atoms with Gasteiger partial charge in [0, 0.05) is 12.6 Å². The molecular weight excluding hydrogens is 250 g/mol. The molecule has 20 heavy (non-hydrogen) atoms. The molecule has 1 aromatic carbocycles. The lowest BCUT2D eigenvalue weighted by Crippen LogP contribution is -2.56. The maximum Gasteiger partial charge on any atom is 0.0872 e. The lowest BCUT2D eigenvalue weighted by atomic mass is 9.99. The summed E-state index contributed by atoms with van der Waals surface area (Å²) < 4.78 is 6.06. The van der Waals surface area contributed by atoms with E-state index in [1.807, 2.05) is 0 Å². The van der Waals surface area contributed by atoms with Crippen LogP contribution in [0.5, 0.6) is 0 Å². The summed E-state index contributed by atoms with van der Waals surface area (Å²) in [5.74, 6) is 5.77. The molecule has 3 rings (SSSR count). The normalized spacial score (nSPS) is 28.3. The maximum absolute atomic E-state index is 6.06. The molecule has 3 unspecified atom stereocenters. The van der Waals surface area contributed by atoms with Crippen LogP contribution in [0, 0.1) is 6.92 Å². The van der Waals surface area contributed by atoms with Crippen LogP contribution in [0.15, 0.2) is 24.3 Å². The highest BCUT2D eigenvalue weighted by atomic mass is 16.5. The Kier molecular flexibility index (Phi) is 4.36. The first-order valence-corrected chi connectivity index (χ1v) is 7.63. The zero-order valence-corrected chi connectivity index (χ0v) is 12.2. The Morgan fingerprint density at radius 1 is 1.40 bits per heavy atom. The monoisotopic (exact) mass is 275 g/mol. The Bertz CT molecular complexity index is 434. The predicted molar refractivity (Wildman–Crippen MR) is 80.3 cm³/mol. The molecule has 0 amide bonds. The van der Waals surface area contributed by atoms with Gasteiger partial charge in [0.25, 0.3) is 0 Å². The largest absolute Gasteiger partial charge is 0.374 e. The van der Waals surface area contributed by atoms with E-state index in [4.69, 9.17) is 10.6 Å². The van der Waals surface area contributed by atoms with Crippen LogP contribution in [-0.2, 0) is 11.2 Å². The van der Waals surface area contributed by atoms with E-state index in [1.165, 1.54) is 30.5 Å². The molecule has 2 aliphatic rings. The van der Waals surface area contributed by atoms with Crippen molar-refractivity contribution in [2.24, 2.45) is 5.84 Å². The minimum Gasteiger partial charge on any atom is -0.374 e. The van der Waals surface area contributed by atoms with Gasteiger partial charge in [0.15, 0.2) is 0 Å². The van der Waals surface area contributed by atoms with Crippen molar-refractivity contribution in [1.82, 2.24) is 10.3 Å². The molecule has 0 radical (unpaired) electrons. The zero-order chi connectivity index (χ0) is 13.9. The fraction of sp³-hybridized carbons (Fsp3) is 0.625. The summed E-state index contributed by atoms with van der Waals surface area (Å²) in [6.45, 7) is 5.19. The van der Waals surface area contributed by atoms with Gasteiger partial charge in [-0.15, -0.1) is 0 Å². The second-order valence-electron chi connectivity index (χ2n) is 6.13. The van der Waals surface area contributed by atoms with Crippen molar-refractivity contribution in [2.45, 2.75) is 44.4 Å².